The Morgan fingerprint density at radius 2 is 1.65 bits per heavy atom. The van der Waals surface area contributed by atoms with E-state index >= 15 is 0 Å². The van der Waals surface area contributed by atoms with Gasteiger partial charge in [0.05, 0.1) is 11.8 Å². The molecule has 26 heavy (non-hydrogen) atoms. The Bertz CT molecular complexity index is 607. The fraction of sp³-hybridized carbons (Fsp3) is 0.522. The lowest BCUT2D eigenvalue weighted by Crippen LogP contribution is -2.15. The smallest absolute Gasteiger partial charge is 0.119 e. The highest BCUT2D eigenvalue weighted by molar-refractivity contribution is 5.60. The van der Waals surface area contributed by atoms with Crippen LogP contribution in [0.3, 0.4) is 0 Å². The lowest BCUT2D eigenvalue weighted by molar-refractivity contribution is 0.0717. The number of unbranched alkanes of at least 4 members (excludes halogenated alkanes) is 5. The average molecular weight is 356 g/mol. The number of aromatic nitrogens is 1. The van der Waals surface area contributed by atoms with Gasteiger partial charge in [0.15, 0.2) is 0 Å². The topological polar surface area (TPSA) is 31.4 Å². The molecule has 0 fully saturated rings. The Hall–Kier alpha value is -1.87. The van der Waals surface area contributed by atoms with E-state index in [0.29, 0.717) is 6.61 Å². The number of pyridine rings is 1. The van der Waals surface area contributed by atoms with Gasteiger partial charge in [-0.15, -0.1) is 0 Å². The molecule has 3 nitrogen and oxygen atoms in total. The molecular formula is C23H33NO2. The summed E-state index contributed by atoms with van der Waals surface area (Å²) in [7, 11) is 1.69. The van der Waals surface area contributed by atoms with Crippen molar-refractivity contribution >= 4 is 0 Å². The molecule has 0 radical (unpaired) electrons. The van der Waals surface area contributed by atoms with Gasteiger partial charge in [-0.25, -0.2) is 0 Å². The number of hydrogen-bond acceptors (Lipinski definition) is 3. The summed E-state index contributed by atoms with van der Waals surface area (Å²) < 4.78 is 10.9. The molecule has 1 aromatic heterocycles. The van der Waals surface area contributed by atoms with Gasteiger partial charge in [0.25, 0.3) is 0 Å². The minimum atomic E-state index is 0.0931. The minimum absolute atomic E-state index is 0.0931. The number of methoxy groups -OCH3 is 1. The highest BCUT2D eigenvalue weighted by Gasteiger charge is 2.03. The first-order chi connectivity index (χ1) is 12.7. The molecular weight excluding hydrogens is 322 g/mol. The second kappa shape index (κ2) is 11.7. The summed E-state index contributed by atoms with van der Waals surface area (Å²) in [6.07, 6.45) is 11.2. The Morgan fingerprint density at radius 3 is 2.31 bits per heavy atom. The maximum atomic E-state index is 5.70. The third kappa shape index (κ3) is 7.17. The SMILES string of the molecule is CCCCCCCCc1ccc(-c2ccc(OCC(C)OC)cc2)nc1. The Morgan fingerprint density at radius 1 is 0.923 bits per heavy atom. The molecule has 0 N–H and O–H groups in total. The second-order valence-corrected chi connectivity index (χ2v) is 6.95. The van der Waals surface area contributed by atoms with Crippen molar-refractivity contribution in [2.45, 2.75) is 64.9 Å². The summed E-state index contributed by atoms with van der Waals surface area (Å²) in [6, 6.07) is 12.4. The van der Waals surface area contributed by atoms with E-state index < -0.39 is 0 Å². The van der Waals surface area contributed by atoms with Crippen molar-refractivity contribution in [3.05, 3.63) is 48.2 Å². The summed E-state index contributed by atoms with van der Waals surface area (Å²) in [4.78, 5) is 4.63. The zero-order valence-corrected chi connectivity index (χ0v) is 16.5. The highest BCUT2D eigenvalue weighted by Crippen LogP contribution is 2.21. The molecule has 0 amide bonds. The molecule has 1 atom stereocenters. The summed E-state index contributed by atoms with van der Waals surface area (Å²) >= 11 is 0. The lowest BCUT2D eigenvalue weighted by atomic mass is 10.1. The summed E-state index contributed by atoms with van der Waals surface area (Å²) in [5.41, 5.74) is 3.45. The van der Waals surface area contributed by atoms with Crippen LogP contribution in [-0.2, 0) is 11.2 Å². The van der Waals surface area contributed by atoms with Gasteiger partial charge in [0, 0.05) is 18.9 Å². The van der Waals surface area contributed by atoms with Crippen LogP contribution in [-0.4, -0.2) is 24.8 Å². The fourth-order valence-electron chi connectivity index (χ4n) is 2.86. The first-order valence-corrected chi connectivity index (χ1v) is 9.94. The monoisotopic (exact) mass is 355 g/mol. The number of hydrogen-bond donors (Lipinski definition) is 0. The van der Waals surface area contributed by atoms with Crippen LogP contribution in [0.4, 0.5) is 0 Å². The molecule has 3 heteroatoms. The number of ether oxygens (including phenoxy) is 2. The summed E-state index contributed by atoms with van der Waals surface area (Å²) in [5, 5.41) is 0. The molecule has 0 spiro atoms. The number of aryl methyl sites for hydroxylation is 1. The van der Waals surface area contributed by atoms with Crippen LogP contribution >= 0.6 is 0 Å². The maximum absolute atomic E-state index is 5.70. The molecule has 1 heterocycles. The predicted molar refractivity (Wildman–Crippen MR) is 109 cm³/mol. The molecule has 142 valence electrons. The van der Waals surface area contributed by atoms with E-state index in [1.54, 1.807) is 7.11 Å². The van der Waals surface area contributed by atoms with E-state index in [-0.39, 0.29) is 6.10 Å². The second-order valence-electron chi connectivity index (χ2n) is 6.95. The van der Waals surface area contributed by atoms with Crippen LogP contribution < -0.4 is 4.74 Å². The largest absolute Gasteiger partial charge is 0.491 e. The van der Waals surface area contributed by atoms with Gasteiger partial charge in [-0.3, -0.25) is 4.98 Å². The predicted octanol–water partition coefficient (Wildman–Crippen LogP) is 6.07. The van der Waals surface area contributed by atoms with Gasteiger partial charge in [0.1, 0.15) is 12.4 Å². The first-order valence-electron chi connectivity index (χ1n) is 9.94. The third-order valence-corrected chi connectivity index (χ3v) is 4.68. The quantitative estimate of drug-likeness (QED) is 0.433. The van der Waals surface area contributed by atoms with E-state index in [0.717, 1.165) is 23.4 Å². The fourth-order valence-corrected chi connectivity index (χ4v) is 2.86. The van der Waals surface area contributed by atoms with Crippen molar-refractivity contribution in [2.24, 2.45) is 0 Å². The van der Waals surface area contributed by atoms with E-state index in [2.05, 4.69) is 36.2 Å². The Labute approximate surface area is 158 Å². The van der Waals surface area contributed by atoms with Gasteiger partial charge < -0.3 is 9.47 Å². The van der Waals surface area contributed by atoms with E-state index in [1.807, 2.05) is 25.3 Å². The molecule has 0 aliphatic heterocycles. The van der Waals surface area contributed by atoms with Crippen LogP contribution in [0.25, 0.3) is 11.3 Å². The molecule has 0 bridgehead atoms. The number of nitrogens with zero attached hydrogens (tertiary/aromatic N) is 1. The van der Waals surface area contributed by atoms with Crippen molar-refractivity contribution in [1.82, 2.24) is 4.98 Å². The lowest BCUT2D eigenvalue weighted by Gasteiger charge is -2.11. The van der Waals surface area contributed by atoms with Crippen molar-refractivity contribution in [3.63, 3.8) is 0 Å². The number of rotatable bonds is 12. The molecule has 1 unspecified atom stereocenters. The average Bonchev–Trinajstić information content (AvgIpc) is 2.69. The van der Waals surface area contributed by atoms with Crippen LogP contribution in [0, 0.1) is 0 Å². The third-order valence-electron chi connectivity index (χ3n) is 4.68. The zero-order chi connectivity index (χ0) is 18.6. The van der Waals surface area contributed by atoms with E-state index in [4.69, 9.17) is 9.47 Å². The van der Waals surface area contributed by atoms with Crippen LogP contribution in [0.15, 0.2) is 42.6 Å². The molecule has 0 saturated heterocycles. The van der Waals surface area contributed by atoms with Crippen LogP contribution in [0.2, 0.25) is 0 Å². The number of benzene rings is 1. The van der Waals surface area contributed by atoms with Crippen LogP contribution in [0.5, 0.6) is 5.75 Å². The summed E-state index contributed by atoms with van der Waals surface area (Å²) in [6.45, 7) is 4.81. The Balaban J connectivity index is 1.80. The summed E-state index contributed by atoms with van der Waals surface area (Å²) in [5.74, 6) is 0.859. The first kappa shape index (κ1) is 20.4. The van der Waals surface area contributed by atoms with Crippen molar-refractivity contribution in [1.29, 1.82) is 0 Å². The molecule has 0 saturated carbocycles. The standard InChI is InChI=1S/C23H33NO2/c1-4-5-6-7-8-9-10-20-11-16-23(24-17-20)21-12-14-22(15-13-21)26-18-19(2)25-3/h11-17,19H,4-10,18H2,1-3H3. The molecule has 2 rings (SSSR count). The molecule has 0 aliphatic rings. The van der Waals surface area contributed by atoms with Gasteiger partial charge in [-0.1, -0.05) is 45.1 Å². The maximum Gasteiger partial charge on any atom is 0.119 e. The van der Waals surface area contributed by atoms with Gasteiger partial charge in [-0.2, -0.15) is 0 Å². The van der Waals surface area contributed by atoms with Crippen molar-refractivity contribution < 1.29 is 9.47 Å². The van der Waals surface area contributed by atoms with Gasteiger partial charge >= 0.3 is 0 Å². The van der Waals surface area contributed by atoms with Crippen molar-refractivity contribution in [2.75, 3.05) is 13.7 Å². The van der Waals surface area contributed by atoms with E-state index in [9.17, 15) is 0 Å². The molecule has 2 aromatic rings. The van der Waals surface area contributed by atoms with Gasteiger partial charge in [-0.05, 0) is 55.7 Å². The minimum Gasteiger partial charge on any atom is -0.491 e. The van der Waals surface area contributed by atoms with E-state index in [1.165, 1.54) is 44.1 Å². The molecule has 1 aromatic carbocycles. The Kier molecular flexibility index (Phi) is 9.19. The molecule has 0 aliphatic carbocycles. The highest BCUT2D eigenvalue weighted by atomic mass is 16.5. The van der Waals surface area contributed by atoms with Crippen molar-refractivity contribution in [3.8, 4) is 17.0 Å². The normalized spacial score (nSPS) is 12.1. The van der Waals surface area contributed by atoms with Crippen LogP contribution in [0.1, 0.15) is 57.9 Å². The zero-order valence-electron chi connectivity index (χ0n) is 16.5. The van der Waals surface area contributed by atoms with Gasteiger partial charge in [0.2, 0.25) is 0 Å².